The molecular formula is C13H14F4N2O3S. The van der Waals surface area contributed by atoms with E-state index in [0.717, 1.165) is 24.5 Å². The van der Waals surface area contributed by atoms with Crippen LogP contribution < -0.4 is 10.0 Å². The van der Waals surface area contributed by atoms with Gasteiger partial charge in [0.05, 0.1) is 17.5 Å². The van der Waals surface area contributed by atoms with E-state index in [1.165, 1.54) is 0 Å². The van der Waals surface area contributed by atoms with Crippen LogP contribution in [-0.4, -0.2) is 33.3 Å². The first kappa shape index (κ1) is 18.9. The van der Waals surface area contributed by atoms with Gasteiger partial charge in [0.2, 0.25) is 10.0 Å². The summed E-state index contributed by atoms with van der Waals surface area (Å²) in [4.78, 5) is 11.9. The Balaban J connectivity index is 2.82. The van der Waals surface area contributed by atoms with E-state index < -0.39 is 39.9 Å². The lowest BCUT2D eigenvalue weighted by atomic mass is 10.1. The molecule has 0 spiro atoms. The summed E-state index contributed by atoms with van der Waals surface area (Å²) in [5.74, 6) is -1.62. The summed E-state index contributed by atoms with van der Waals surface area (Å²) in [5, 5.41) is 2.19. The first-order valence-electron chi connectivity index (χ1n) is 6.20. The van der Waals surface area contributed by atoms with E-state index in [1.807, 2.05) is 4.72 Å². The number of rotatable bonds is 6. The van der Waals surface area contributed by atoms with Crippen molar-refractivity contribution in [3.63, 3.8) is 0 Å². The van der Waals surface area contributed by atoms with E-state index >= 15 is 0 Å². The SMILES string of the molecule is C=C(CCNC(=O)c1ccc(F)cc1NS(C)(=O)=O)C(F)(F)F. The first-order valence-corrected chi connectivity index (χ1v) is 8.10. The number of hydrogen-bond acceptors (Lipinski definition) is 3. The van der Waals surface area contributed by atoms with Crippen LogP contribution in [0.2, 0.25) is 0 Å². The number of alkyl halides is 3. The van der Waals surface area contributed by atoms with Crippen LogP contribution >= 0.6 is 0 Å². The van der Waals surface area contributed by atoms with Crippen LogP contribution in [0.4, 0.5) is 23.2 Å². The molecule has 1 amide bonds. The monoisotopic (exact) mass is 354 g/mol. The van der Waals surface area contributed by atoms with Crippen molar-refractivity contribution >= 4 is 21.6 Å². The Kier molecular flexibility index (Phi) is 5.75. The lowest BCUT2D eigenvalue weighted by molar-refractivity contribution is -0.0934. The highest BCUT2D eigenvalue weighted by Gasteiger charge is 2.31. The smallest absolute Gasteiger partial charge is 0.352 e. The molecule has 5 nitrogen and oxygen atoms in total. The van der Waals surface area contributed by atoms with Gasteiger partial charge in [0.1, 0.15) is 5.82 Å². The molecule has 1 aromatic rings. The number of benzene rings is 1. The summed E-state index contributed by atoms with van der Waals surface area (Å²) >= 11 is 0. The van der Waals surface area contributed by atoms with Crippen molar-refractivity contribution in [1.29, 1.82) is 0 Å². The van der Waals surface area contributed by atoms with Crippen molar-refractivity contribution in [2.24, 2.45) is 0 Å². The van der Waals surface area contributed by atoms with E-state index in [-0.39, 0.29) is 17.8 Å². The Morgan fingerprint density at radius 1 is 1.30 bits per heavy atom. The quantitative estimate of drug-likeness (QED) is 0.609. The van der Waals surface area contributed by atoms with Crippen molar-refractivity contribution in [3.05, 3.63) is 41.7 Å². The second-order valence-electron chi connectivity index (χ2n) is 4.67. The number of nitrogens with one attached hydrogen (secondary N) is 2. The van der Waals surface area contributed by atoms with Crippen molar-refractivity contribution < 1.29 is 30.8 Å². The number of carbonyl (C=O) groups is 1. The van der Waals surface area contributed by atoms with Crippen molar-refractivity contribution in [1.82, 2.24) is 5.32 Å². The fourth-order valence-corrected chi connectivity index (χ4v) is 2.13. The molecule has 23 heavy (non-hydrogen) atoms. The summed E-state index contributed by atoms with van der Waals surface area (Å²) in [5.41, 5.74) is -1.53. The van der Waals surface area contributed by atoms with Gasteiger partial charge in [-0.1, -0.05) is 6.58 Å². The minimum atomic E-state index is -4.55. The normalized spacial score (nSPS) is 11.9. The second kappa shape index (κ2) is 6.99. The van der Waals surface area contributed by atoms with Crippen LogP contribution in [0.5, 0.6) is 0 Å². The molecule has 1 rings (SSSR count). The fourth-order valence-electron chi connectivity index (χ4n) is 1.56. The molecule has 0 unspecified atom stereocenters. The van der Waals surface area contributed by atoms with Gasteiger partial charge in [-0.05, 0) is 24.6 Å². The molecule has 0 aromatic heterocycles. The van der Waals surface area contributed by atoms with Crippen LogP contribution in [-0.2, 0) is 10.0 Å². The van der Waals surface area contributed by atoms with Crippen LogP contribution in [0.3, 0.4) is 0 Å². The number of sulfonamides is 1. The summed E-state index contributed by atoms with van der Waals surface area (Å²) < 4.78 is 74.3. The number of hydrogen-bond donors (Lipinski definition) is 2. The maximum absolute atomic E-state index is 13.2. The number of amides is 1. The lowest BCUT2D eigenvalue weighted by Gasteiger charge is -2.13. The molecule has 0 aliphatic rings. The Hall–Kier alpha value is -2.10. The van der Waals surface area contributed by atoms with Gasteiger partial charge in [0.25, 0.3) is 5.91 Å². The van der Waals surface area contributed by atoms with Gasteiger partial charge in [-0.3, -0.25) is 9.52 Å². The molecule has 1 aromatic carbocycles. The second-order valence-corrected chi connectivity index (χ2v) is 6.42. The zero-order chi connectivity index (χ0) is 17.8. The first-order chi connectivity index (χ1) is 10.4. The van der Waals surface area contributed by atoms with E-state index in [1.54, 1.807) is 0 Å². The van der Waals surface area contributed by atoms with E-state index in [4.69, 9.17) is 0 Å². The molecule has 10 heteroatoms. The maximum atomic E-state index is 13.2. The van der Waals surface area contributed by atoms with E-state index in [0.29, 0.717) is 0 Å². The molecule has 0 fully saturated rings. The van der Waals surface area contributed by atoms with Crippen LogP contribution in [0.1, 0.15) is 16.8 Å². The van der Waals surface area contributed by atoms with Gasteiger partial charge in [-0.2, -0.15) is 13.2 Å². The molecule has 0 heterocycles. The summed E-state index contributed by atoms with van der Waals surface area (Å²) in [6, 6.07) is 2.75. The minimum Gasteiger partial charge on any atom is -0.352 e. The van der Waals surface area contributed by atoms with Crippen molar-refractivity contribution in [3.8, 4) is 0 Å². The fraction of sp³-hybridized carbons (Fsp3) is 0.308. The van der Waals surface area contributed by atoms with Gasteiger partial charge < -0.3 is 5.32 Å². The van der Waals surface area contributed by atoms with E-state index in [2.05, 4.69) is 11.9 Å². The predicted molar refractivity (Wildman–Crippen MR) is 77.0 cm³/mol. The molecule has 0 saturated heterocycles. The minimum absolute atomic E-state index is 0.213. The average molecular weight is 354 g/mol. The predicted octanol–water partition coefficient (Wildman–Crippen LogP) is 2.44. The van der Waals surface area contributed by atoms with Crippen LogP contribution in [0, 0.1) is 5.82 Å². The Morgan fingerprint density at radius 3 is 2.43 bits per heavy atom. The molecule has 0 atom stereocenters. The zero-order valence-electron chi connectivity index (χ0n) is 12.0. The standard InChI is InChI=1S/C13H14F4N2O3S/c1-8(13(15,16)17)5-6-18-12(20)10-4-3-9(14)7-11(10)19-23(2,21)22/h3-4,7,19H,1,5-6H2,2H3,(H,18,20). The highest BCUT2D eigenvalue weighted by atomic mass is 32.2. The largest absolute Gasteiger partial charge is 0.412 e. The van der Waals surface area contributed by atoms with Gasteiger partial charge in [0, 0.05) is 12.1 Å². The summed E-state index contributed by atoms with van der Waals surface area (Å²) in [7, 11) is -3.76. The van der Waals surface area contributed by atoms with Gasteiger partial charge in [0.15, 0.2) is 0 Å². The number of anilines is 1. The lowest BCUT2D eigenvalue weighted by Crippen LogP contribution is -2.27. The molecule has 0 aliphatic heterocycles. The molecule has 0 bridgehead atoms. The highest BCUT2D eigenvalue weighted by Crippen LogP contribution is 2.26. The van der Waals surface area contributed by atoms with Crippen molar-refractivity contribution in [2.45, 2.75) is 12.6 Å². The summed E-state index contributed by atoms with van der Waals surface area (Å²) in [6.45, 7) is 2.50. The van der Waals surface area contributed by atoms with Gasteiger partial charge in [-0.15, -0.1) is 0 Å². The topological polar surface area (TPSA) is 75.3 Å². The van der Waals surface area contributed by atoms with Crippen molar-refractivity contribution in [2.75, 3.05) is 17.5 Å². The summed E-state index contributed by atoms with van der Waals surface area (Å²) in [6.07, 6.45) is -4.26. The molecule has 2 N–H and O–H groups in total. The van der Waals surface area contributed by atoms with E-state index in [9.17, 15) is 30.8 Å². The van der Waals surface area contributed by atoms with Gasteiger partial charge >= 0.3 is 6.18 Å². The highest BCUT2D eigenvalue weighted by molar-refractivity contribution is 7.92. The zero-order valence-corrected chi connectivity index (χ0v) is 12.8. The third kappa shape index (κ3) is 6.27. The number of carbonyl (C=O) groups excluding carboxylic acids is 1. The third-order valence-electron chi connectivity index (χ3n) is 2.63. The average Bonchev–Trinajstić information content (AvgIpc) is 2.35. The molecule has 0 saturated carbocycles. The third-order valence-corrected chi connectivity index (χ3v) is 3.23. The molecule has 0 aliphatic carbocycles. The van der Waals surface area contributed by atoms with Crippen LogP contribution in [0.25, 0.3) is 0 Å². The van der Waals surface area contributed by atoms with Gasteiger partial charge in [-0.25, -0.2) is 12.8 Å². The van der Waals surface area contributed by atoms with Crippen LogP contribution in [0.15, 0.2) is 30.4 Å². The molecule has 0 radical (unpaired) electrons. The molecular weight excluding hydrogens is 340 g/mol. The Bertz CT molecular complexity index is 714. The maximum Gasteiger partial charge on any atom is 0.412 e. The Labute approximate surface area is 130 Å². The Morgan fingerprint density at radius 2 is 1.91 bits per heavy atom. The number of halogens is 4. The molecule has 128 valence electrons.